The van der Waals surface area contributed by atoms with Gasteiger partial charge >= 0.3 is 0 Å². The van der Waals surface area contributed by atoms with E-state index >= 15 is 0 Å². The molecule has 2 rings (SSSR count). The molecule has 21 heavy (non-hydrogen) atoms. The Morgan fingerprint density at radius 3 is 2.43 bits per heavy atom. The van der Waals surface area contributed by atoms with Crippen molar-refractivity contribution in [1.82, 2.24) is 10.9 Å². The smallest absolute Gasteiger partial charge is 0.271 e. The molecule has 0 saturated heterocycles. The fourth-order valence-corrected chi connectivity index (χ4v) is 1.88. The number of nitrogens with one attached hydrogen (secondary N) is 2. The van der Waals surface area contributed by atoms with Crippen LogP contribution >= 0.6 is 11.6 Å². The lowest BCUT2D eigenvalue weighted by Crippen LogP contribution is -2.41. The maximum atomic E-state index is 11.9. The topological polar surface area (TPSA) is 67.4 Å². The maximum Gasteiger partial charge on any atom is 0.271 e. The van der Waals surface area contributed by atoms with Gasteiger partial charge in [-0.1, -0.05) is 29.8 Å². The van der Waals surface area contributed by atoms with E-state index in [1.807, 2.05) is 0 Å². The van der Waals surface area contributed by atoms with E-state index in [0.717, 1.165) is 0 Å². The third-order valence-corrected chi connectivity index (χ3v) is 3.07. The van der Waals surface area contributed by atoms with Crippen LogP contribution in [0.3, 0.4) is 0 Å². The summed E-state index contributed by atoms with van der Waals surface area (Å²) < 4.78 is 5.03. The molecule has 0 aliphatic heterocycles. The van der Waals surface area contributed by atoms with Crippen molar-refractivity contribution in [3.8, 4) is 5.75 Å². The molecular weight excluding hydrogens is 292 g/mol. The fraction of sp³-hybridized carbons (Fsp3) is 0.0667. The van der Waals surface area contributed by atoms with Crippen LogP contribution in [-0.2, 0) is 0 Å². The summed E-state index contributed by atoms with van der Waals surface area (Å²) in [6.07, 6.45) is 0. The quantitative estimate of drug-likeness (QED) is 0.856. The third kappa shape index (κ3) is 3.73. The molecule has 0 aliphatic rings. The second-order valence-corrected chi connectivity index (χ2v) is 4.53. The highest BCUT2D eigenvalue weighted by atomic mass is 35.5. The number of halogens is 1. The molecule has 2 amide bonds. The van der Waals surface area contributed by atoms with E-state index in [1.54, 1.807) is 48.5 Å². The van der Waals surface area contributed by atoms with Gasteiger partial charge in [-0.25, -0.2) is 0 Å². The summed E-state index contributed by atoms with van der Waals surface area (Å²) in [5.74, 6) is -0.383. The minimum atomic E-state index is -0.489. The molecule has 0 atom stereocenters. The zero-order valence-corrected chi connectivity index (χ0v) is 12.0. The lowest BCUT2D eigenvalue weighted by Gasteiger charge is -2.09. The Morgan fingerprint density at radius 2 is 1.71 bits per heavy atom. The van der Waals surface area contributed by atoms with Gasteiger partial charge in [0.25, 0.3) is 11.8 Å². The predicted octanol–water partition coefficient (Wildman–Crippen LogP) is 2.42. The molecule has 0 aliphatic carbocycles. The van der Waals surface area contributed by atoms with Crippen molar-refractivity contribution in [2.24, 2.45) is 0 Å². The average Bonchev–Trinajstić information content (AvgIpc) is 2.52. The summed E-state index contributed by atoms with van der Waals surface area (Å²) in [4.78, 5) is 23.8. The molecule has 0 aromatic heterocycles. The van der Waals surface area contributed by atoms with Crippen LogP contribution in [0.25, 0.3) is 0 Å². The summed E-state index contributed by atoms with van der Waals surface area (Å²) in [5.41, 5.74) is 5.29. The summed E-state index contributed by atoms with van der Waals surface area (Å²) >= 11 is 5.90. The monoisotopic (exact) mass is 304 g/mol. The SMILES string of the molecule is COc1cccc(C(=O)NNC(=O)c2ccccc2Cl)c1. The summed E-state index contributed by atoms with van der Waals surface area (Å²) in [6, 6.07) is 13.1. The molecule has 0 bridgehead atoms. The number of carbonyl (C=O) groups excluding carboxylic acids is 2. The first-order valence-corrected chi connectivity index (χ1v) is 6.49. The molecule has 5 nitrogen and oxygen atoms in total. The Balaban J connectivity index is 2.01. The predicted molar refractivity (Wildman–Crippen MR) is 79.4 cm³/mol. The second kappa shape index (κ2) is 6.76. The number of benzene rings is 2. The molecule has 0 fully saturated rings. The van der Waals surface area contributed by atoms with Crippen molar-refractivity contribution in [2.45, 2.75) is 0 Å². The Hall–Kier alpha value is -2.53. The number of methoxy groups -OCH3 is 1. The molecule has 0 saturated carbocycles. The number of carbonyl (C=O) groups is 2. The molecular formula is C15H13ClN2O3. The van der Waals surface area contributed by atoms with Gasteiger partial charge in [0.1, 0.15) is 5.75 Å². The second-order valence-electron chi connectivity index (χ2n) is 4.12. The van der Waals surface area contributed by atoms with Crippen LogP contribution in [-0.4, -0.2) is 18.9 Å². The molecule has 0 unspecified atom stereocenters. The van der Waals surface area contributed by atoms with Crippen LogP contribution in [0, 0.1) is 0 Å². The highest BCUT2D eigenvalue weighted by Gasteiger charge is 2.11. The van der Waals surface area contributed by atoms with E-state index in [-0.39, 0.29) is 5.56 Å². The van der Waals surface area contributed by atoms with Crippen molar-refractivity contribution < 1.29 is 14.3 Å². The van der Waals surface area contributed by atoms with Gasteiger partial charge in [0.2, 0.25) is 0 Å². The first-order chi connectivity index (χ1) is 10.1. The van der Waals surface area contributed by atoms with E-state index in [1.165, 1.54) is 7.11 Å². The van der Waals surface area contributed by atoms with Crippen molar-refractivity contribution >= 4 is 23.4 Å². The molecule has 2 N–H and O–H groups in total. The van der Waals surface area contributed by atoms with Crippen LogP contribution < -0.4 is 15.6 Å². The molecule has 108 valence electrons. The number of hydrogen-bond donors (Lipinski definition) is 2. The Labute approximate surface area is 126 Å². The first kappa shape index (κ1) is 14.9. The van der Waals surface area contributed by atoms with Gasteiger partial charge in [-0.05, 0) is 30.3 Å². The largest absolute Gasteiger partial charge is 0.497 e. The van der Waals surface area contributed by atoms with Crippen LogP contribution in [0.5, 0.6) is 5.75 Å². The minimum absolute atomic E-state index is 0.283. The molecule has 2 aromatic rings. The Morgan fingerprint density at radius 1 is 1.00 bits per heavy atom. The van der Waals surface area contributed by atoms with Gasteiger partial charge in [0.05, 0.1) is 17.7 Å². The number of amides is 2. The zero-order valence-electron chi connectivity index (χ0n) is 11.2. The van der Waals surface area contributed by atoms with Gasteiger partial charge in [-0.15, -0.1) is 0 Å². The molecule has 6 heteroatoms. The van der Waals surface area contributed by atoms with Gasteiger partial charge in [-0.2, -0.15) is 0 Å². The van der Waals surface area contributed by atoms with E-state index < -0.39 is 11.8 Å². The molecule has 0 radical (unpaired) electrons. The first-order valence-electron chi connectivity index (χ1n) is 6.11. The summed E-state index contributed by atoms with van der Waals surface area (Å²) in [7, 11) is 1.51. The number of hydrogen-bond acceptors (Lipinski definition) is 3. The van der Waals surface area contributed by atoms with E-state index in [0.29, 0.717) is 16.3 Å². The number of rotatable bonds is 3. The number of ether oxygens (including phenoxy) is 1. The van der Waals surface area contributed by atoms with E-state index in [2.05, 4.69) is 10.9 Å². The fourth-order valence-electron chi connectivity index (χ4n) is 1.66. The average molecular weight is 305 g/mol. The normalized spacial score (nSPS) is 9.81. The summed E-state index contributed by atoms with van der Waals surface area (Å²) in [5, 5.41) is 0.311. The Kier molecular flexibility index (Phi) is 4.79. The standard InChI is InChI=1S/C15H13ClN2O3/c1-21-11-6-4-5-10(9-11)14(19)17-18-15(20)12-7-2-3-8-13(12)16/h2-9H,1H3,(H,17,19)(H,18,20). The minimum Gasteiger partial charge on any atom is -0.497 e. The van der Waals surface area contributed by atoms with E-state index in [9.17, 15) is 9.59 Å². The molecule has 0 spiro atoms. The zero-order chi connectivity index (χ0) is 15.2. The Bertz CT molecular complexity index is 673. The van der Waals surface area contributed by atoms with Crippen LogP contribution in [0.4, 0.5) is 0 Å². The van der Waals surface area contributed by atoms with Crippen molar-refractivity contribution in [3.05, 3.63) is 64.7 Å². The van der Waals surface area contributed by atoms with Gasteiger partial charge < -0.3 is 4.74 Å². The highest BCUT2D eigenvalue weighted by molar-refractivity contribution is 6.33. The van der Waals surface area contributed by atoms with Crippen molar-refractivity contribution in [3.63, 3.8) is 0 Å². The van der Waals surface area contributed by atoms with Crippen LogP contribution in [0.15, 0.2) is 48.5 Å². The number of hydrazine groups is 1. The maximum absolute atomic E-state index is 11.9. The van der Waals surface area contributed by atoms with Gasteiger partial charge in [-0.3, -0.25) is 20.4 Å². The summed E-state index contributed by atoms with van der Waals surface area (Å²) in [6.45, 7) is 0. The third-order valence-electron chi connectivity index (χ3n) is 2.74. The van der Waals surface area contributed by atoms with Crippen LogP contribution in [0.2, 0.25) is 5.02 Å². The molecule has 0 heterocycles. The highest BCUT2D eigenvalue weighted by Crippen LogP contribution is 2.14. The lowest BCUT2D eigenvalue weighted by atomic mass is 10.2. The van der Waals surface area contributed by atoms with Crippen molar-refractivity contribution in [2.75, 3.05) is 7.11 Å². The van der Waals surface area contributed by atoms with Gasteiger partial charge in [0, 0.05) is 5.56 Å². The lowest BCUT2D eigenvalue weighted by molar-refractivity contribution is 0.0846. The van der Waals surface area contributed by atoms with Crippen molar-refractivity contribution in [1.29, 1.82) is 0 Å². The van der Waals surface area contributed by atoms with Crippen LogP contribution in [0.1, 0.15) is 20.7 Å². The molecule has 2 aromatic carbocycles. The van der Waals surface area contributed by atoms with Gasteiger partial charge in [0.15, 0.2) is 0 Å². The van der Waals surface area contributed by atoms with E-state index in [4.69, 9.17) is 16.3 Å².